The summed E-state index contributed by atoms with van der Waals surface area (Å²) in [6, 6.07) is 0. The molecule has 88 valence electrons. The fraction of sp³-hybridized carbons (Fsp3) is 0.818. The average molecular weight is 212 g/mol. The van der Waals surface area contributed by atoms with Crippen LogP contribution in [-0.4, -0.2) is 36.1 Å². The summed E-state index contributed by atoms with van der Waals surface area (Å²) in [4.78, 5) is 2.47. The highest BCUT2D eigenvalue weighted by molar-refractivity contribution is 4.93. The molecule has 0 spiro atoms. The van der Waals surface area contributed by atoms with Gasteiger partial charge in [-0.3, -0.25) is 0 Å². The van der Waals surface area contributed by atoms with Crippen LogP contribution in [0, 0.1) is 0 Å². The molecule has 1 aliphatic rings. The van der Waals surface area contributed by atoms with Crippen molar-refractivity contribution in [2.45, 2.75) is 32.6 Å². The molecule has 0 radical (unpaired) electrons. The highest BCUT2D eigenvalue weighted by Crippen LogP contribution is 2.07. The topological polar surface area (TPSA) is 58.5 Å². The first kappa shape index (κ1) is 12.3. The molecule has 1 heterocycles. The Morgan fingerprint density at radius 3 is 2.60 bits per heavy atom. The highest BCUT2D eigenvalue weighted by atomic mass is 15.4. The number of hydrogen-bond donors (Lipinski definition) is 2. The van der Waals surface area contributed by atoms with Gasteiger partial charge in [-0.25, -0.2) is 5.84 Å². The number of allylic oxidation sites excluding steroid dienone is 1. The van der Waals surface area contributed by atoms with E-state index in [1.807, 2.05) is 13.1 Å². The molecule has 0 aromatic rings. The molecule has 0 amide bonds. The normalized spacial score (nSPS) is 19.2. The number of hydrazine groups is 1. The highest BCUT2D eigenvalue weighted by Gasteiger charge is 2.09. The van der Waals surface area contributed by atoms with Crippen LogP contribution in [0.15, 0.2) is 11.9 Å². The molecule has 1 fully saturated rings. The molecule has 15 heavy (non-hydrogen) atoms. The van der Waals surface area contributed by atoms with Crippen molar-refractivity contribution >= 4 is 0 Å². The third kappa shape index (κ3) is 5.04. The Hall–Kier alpha value is -0.740. The quantitative estimate of drug-likeness (QED) is 0.524. The molecule has 1 rings (SSSR count). The third-order valence-corrected chi connectivity index (χ3v) is 2.86. The maximum Gasteiger partial charge on any atom is 0.0463 e. The van der Waals surface area contributed by atoms with Gasteiger partial charge in [0.2, 0.25) is 0 Å². The molecule has 1 saturated heterocycles. The van der Waals surface area contributed by atoms with Crippen LogP contribution in [0.5, 0.6) is 0 Å². The Bertz CT molecular complexity index is 197. The predicted octanol–water partition coefficient (Wildman–Crippen LogP) is 0.858. The van der Waals surface area contributed by atoms with Crippen LogP contribution in [0.25, 0.3) is 0 Å². The van der Waals surface area contributed by atoms with Crippen LogP contribution in [-0.2, 0) is 0 Å². The van der Waals surface area contributed by atoms with E-state index in [1.54, 1.807) is 5.01 Å². The summed E-state index contributed by atoms with van der Waals surface area (Å²) in [5, 5.41) is 1.70. The molecule has 0 aromatic heterocycles. The van der Waals surface area contributed by atoms with Crippen LogP contribution in [0.1, 0.15) is 32.6 Å². The second-order valence-corrected chi connectivity index (χ2v) is 4.20. The van der Waals surface area contributed by atoms with Gasteiger partial charge in [-0.05, 0) is 32.4 Å². The first-order valence-corrected chi connectivity index (χ1v) is 5.92. The van der Waals surface area contributed by atoms with Crippen molar-refractivity contribution in [3.63, 3.8) is 0 Å². The van der Waals surface area contributed by atoms with E-state index in [9.17, 15) is 0 Å². The standard InChI is InChI=1S/C11H24N4/c1-2-11(12)10-15(13)9-8-14-6-4-3-5-7-14/h10H,2-9,12-13H2,1H3/b11-10-. The maximum absolute atomic E-state index is 5.82. The summed E-state index contributed by atoms with van der Waals surface area (Å²) >= 11 is 0. The zero-order chi connectivity index (χ0) is 11.1. The third-order valence-electron chi connectivity index (χ3n) is 2.86. The molecular formula is C11H24N4. The van der Waals surface area contributed by atoms with E-state index < -0.39 is 0 Å². The Morgan fingerprint density at radius 2 is 2.00 bits per heavy atom. The Morgan fingerprint density at radius 1 is 1.33 bits per heavy atom. The minimum Gasteiger partial charge on any atom is -0.401 e. The molecular weight excluding hydrogens is 188 g/mol. The summed E-state index contributed by atoms with van der Waals surface area (Å²) in [5.41, 5.74) is 6.55. The van der Waals surface area contributed by atoms with Crippen molar-refractivity contribution in [3.8, 4) is 0 Å². The second-order valence-electron chi connectivity index (χ2n) is 4.20. The van der Waals surface area contributed by atoms with E-state index in [4.69, 9.17) is 11.6 Å². The minimum atomic E-state index is 0.844. The van der Waals surface area contributed by atoms with Gasteiger partial charge in [0, 0.05) is 25.0 Å². The average Bonchev–Trinajstić information content (AvgIpc) is 2.27. The molecule has 4 nitrogen and oxygen atoms in total. The summed E-state index contributed by atoms with van der Waals surface area (Å²) < 4.78 is 0. The smallest absolute Gasteiger partial charge is 0.0463 e. The van der Waals surface area contributed by atoms with Gasteiger partial charge in [0.25, 0.3) is 0 Å². The fourth-order valence-corrected chi connectivity index (χ4v) is 1.81. The van der Waals surface area contributed by atoms with E-state index >= 15 is 0 Å². The number of rotatable bonds is 5. The van der Waals surface area contributed by atoms with Gasteiger partial charge < -0.3 is 15.6 Å². The molecule has 0 aliphatic carbocycles. The van der Waals surface area contributed by atoms with Crippen molar-refractivity contribution in [2.24, 2.45) is 11.6 Å². The van der Waals surface area contributed by atoms with Gasteiger partial charge in [-0.1, -0.05) is 13.3 Å². The fourth-order valence-electron chi connectivity index (χ4n) is 1.81. The number of nitrogens with two attached hydrogens (primary N) is 2. The van der Waals surface area contributed by atoms with Crippen LogP contribution in [0.2, 0.25) is 0 Å². The van der Waals surface area contributed by atoms with Crippen molar-refractivity contribution in [1.29, 1.82) is 0 Å². The van der Waals surface area contributed by atoms with E-state index in [0.717, 1.165) is 25.2 Å². The molecule has 0 bridgehead atoms. The molecule has 0 saturated carbocycles. The lowest BCUT2D eigenvalue weighted by atomic mass is 10.1. The van der Waals surface area contributed by atoms with Crippen LogP contribution >= 0.6 is 0 Å². The van der Waals surface area contributed by atoms with E-state index in [0.29, 0.717) is 0 Å². The van der Waals surface area contributed by atoms with E-state index in [2.05, 4.69) is 4.90 Å². The van der Waals surface area contributed by atoms with Gasteiger partial charge in [-0.2, -0.15) is 0 Å². The number of piperidine rings is 1. The van der Waals surface area contributed by atoms with Crippen molar-refractivity contribution in [3.05, 3.63) is 11.9 Å². The van der Waals surface area contributed by atoms with Crippen molar-refractivity contribution in [1.82, 2.24) is 9.91 Å². The van der Waals surface area contributed by atoms with Crippen molar-refractivity contribution < 1.29 is 0 Å². The first-order chi connectivity index (χ1) is 7.22. The monoisotopic (exact) mass is 212 g/mol. The van der Waals surface area contributed by atoms with E-state index in [1.165, 1.54) is 32.4 Å². The molecule has 0 aromatic carbocycles. The number of likely N-dealkylation sites (tertiary alicyclic amines) is 1. The molecule has 1 aliphatic heterocycles. The minimum absolute atomic E-state index is 0.844. The Kier molecular flexibility index (Phi) is 5.50. The largest absolute Gasteiger partial charge is 0.401 e. The maximum atomic E-state index is 5.82. The lowest BCUT2D eigenvalue weighted by molar-refractivity contribution is 0.205. The molecule has 4 N–H and O–H groups in total. The number of hydrogen-bond acceptors (Lipinski definition) is 4. The zero-order valence-electron chi connectivity index (χ0n) is 9.78. The zero-order valence-corrected chi connectivity index (χ0v) is 9.78. The van der Waals surface area contributed by atoms with Crippen LogP contribution in [0.4, 0.5) is 0 Å². The summed E-state index contributed by atoms with van der Waals surface area (Å²) in [5.74, 6) is 5.82. The molecule has 4 heteroatoms. The summed E-state index contributed by atoms with van der Waals surface area (Å²) in [6.45, 7) is 6.39. The van der Waals surface area contributed by atoms with Crippen molar-refractivity contribution in [2.75, 3.05) is 26.2 Å². The lowest BCUT2D eigenvalue weighted by Crippen LogP contribution is -2.38. The van der Waals surface area contributed by atoms with Gasteiger partial charge in [-0.15, -0.1) is 0 Å². The Labute approximate surface area is 92.9 Å². The van der Waals surface area contributed by atoms with Gasteiger partial charge in [0.05, 0.1) is 0 Å². The SMILES string of the molecule is CC/C(N)=C/N(N)CCN1CCCCC1. The van der Waals surface area contributed by atoms with Gasteiger partial charge in [0.15, 0.2) is 0 Å². The van der Waals surface area contributed by atoms with E-state index in [-0.39, 0.29) is 0 Å². The van der Waals surface area contributed by atoms with Gasteiger partial charge in [0.1, 0.15) is 0 Å². The first-order valence-electron chi connectivity index (χ1n) is 5.92. The second kappa shape index (κ2) is 6.69. The van der Waals surface area contributed by atoms with Gasteiger partial charge >= 0.3 is 0 Å². The predicted molar refractivity (Wildman–Crippen MR) is 63.7 cm³/mol. The van der Waals surface area contributed by atoms with Crippen LogP contribution < -0.4 is 11.6 Å². The van der Waals surface area contributed by atoms with Crippen LogP contribution in [0.3, 0.4) is 0 Å². The molecule has 0 unspecified atom stereocenters. The lowest BCUT2D eigenvalue weighted by Gasteiger charge is -2.28. The Balaban J connectivity index is 2.17. The summed E-state index contributed by atoms with van der Waals surface area (Å²) in [6.07, 6.45) is 6.74. The molecule has 0 atom stereocenters. The summed E-state index contributed by atoms with van der Waals surface area (Å²) in [7, 11) is 0. The number of nitrogens with zero attached hydrogens (tertiary/aromatic N) is 2.